The van der Waals surface area contributed by atoms with Gasteiger partial charge in [-0.15, -0.1) is 0 Å². The first-order chi connectivity index (χ1) is 12.5. The van der Waals surface area contributed by atoms with E-state index in [1.54, 1.807) is 14.0 Å². The van der Waals surface area contributed by atoms with Crippen molar-refractivity contribution in [1.82, 2.24) is 9.88 Å². The number of benzene rings is 2. The van der Waals surface area contributed by atoms with E-state index >= 15 is 0 Å². The average molecular weight is 348 g/mol. The topological polar surface area (TPSA) is 71.3 Å². The predicted octanol–water partition coefficient (Wildman–Crippen LogP) is 3.00. The quantitative estimate of drug-likeness (QED) is 0.761. The van der Waals surface area contributed by atoms with E-state index in [1.807, 2.05) is 54.6 Å². The Morgan fingerprint density at radius 3 is 2.31 bits per heavy atom. The van der Waals surface area contributed by atoms with E-state index in [0.29, 0.717) is 12.2 Å². The van der Waals surface area contributed by atoms with Crippen LogP contribution in [0.1, 0.15) is 21.7 Å². The Balaban J connectivity index is 1.74. The van der Waals surface area contributed by atoms with Crippen LogP contribution in [0.3, 0.4) is 0 Å². The van der Waals surface area contributed by atoms with Gasteiger partial charge in [-0.3, -0.25) is 9.59 Å². The number of carbonyl (C=O) groups is 1. The number of nitrogens with one attached hydrogen (secondary N) is 1. The lowest BCUT2D eigenvalue weighted by Crippen LogP contribution is -2.28. The second-order valence-electron chi connectivity index (χ2n) is 6.15. The van der Waals surface area contributed by atoms with Crippen molar-refractivity contribution in [2.24, 2.45) is 7.05 Å². The van der Waals surface area contributed by atoms with Crippen LogP contribution in [-0.2, 0) is 13.6 Å². The largest absolute Gasteiger partial charge is 0.503 e. The van der Waals surface area contributed by atoms with Gasteiger partial charge in [0.05, 0.1) is 0 Å². The lowest BCUT2D eigenvalue weighted by Gasteiger charge is -2.13. The van der Waals surface area contributed by atoms with Crippen LogP contribution in [0.25, 0.3) is 11.1 Å². The predicted molar refractivity (Wildman–Crippen MR) is 101 cm³/mol. The SMILES string of the molecule is Cc1cc(=O)c(O)c(C(=O)NCc2ccc(-c3ccccc3)cc2)n1C. The van der Waals surface area contributed by atoms with Crippen molar-refractivity contribution in [2.75, 3.05) is 0 Å². The number of nitrogens with zero attached hydrogens (tertiary/aromatic N) is 1. The molecule has 0 fully saturated rings. The summed E-state index contributed by atoms with van der Waals surface area (Å²) in [6.45, 7) is 2.01. The number of aryl methyl sites for hydroxylation is 1. The van der Waals surface area contributed by atoms with Crippen LogP contribution in [0, 0.1) is 6.92 Å². The zero-order valence-electron chi connectivity index (χ0n) is 14.7. The maximum atomic E-state index is 12.4. The lowest BCUT2D eigenvalue weighted by atomic mass is 10.0. The van der Waals surface area contributed by atoms with Gasteiger partial charge in [0.2, 0.25) is 5.43 Å². The average Bonchev–Trinajstić information content (AvgIpc) is 2.66. The summed E-state index contributed by atoms with van der Waals surface area (Å²) in [4.78, 5) is 24.1. The summed E-state index contributed by atoms with van der Waals surface area (Å²) in [5.41, 5.74) is 3.16. The third-order valence-corrected chi connectivity index (χ3v) is 4.39. The highest BCUT2D eigenvalue weighted by Crippen LogP contribution is 2.19. The van der Waals surface area contributed by atoms with Gasteiger partial charge in [-0.25, -0.2) is 0 Å². The number of aromatic nitrogens is 1. The number of hydrogen-bond acceptors (Lipinski definition) is 3. The van der Waals surface area contributed by atoms with Gasteiger partial charge >= 0.3 is 0 Å². The molecule has 1 heterocycles. The number of pyridine rings is 1. The van der Waals surface area contributed by atoms with Gasteiger partial charge in [0.15, 0.2) is 11.4 Å². The summed E-state index contributed by atoms with van der Waals surface area (Å²) >= 11 is 0. The molecule has 0 spiro atoms. The molecule has 0 saturated heterocycles. The van der Waals surface area contributed by atoms with Gasteiger partial charge in [0.25, 0.3) is 5.91 Å². The van der Waals surface area contributed by atoms with E-state index in [0.717, 1.165) is 16.7 Å². The first-order valence-corrected chi connectivity index (χ1v) is 8.29. The molecular formula is C21H20N2O3. The van der Waals surface area contributed by atoms with Gasteiger partial charge in [-0.1, -0.05) is 54.6 Å². The van der Waals surface area contributed by atoms with E-state index in [-0.39, 0.29) is 5.69 Å². The van der Waals surface area contributed by atoms with Gasteiger partial charge in [-0.2, -0.15) is 0 Å². The van der Waals surface area contributed by atoms with Gasteiger partial charge in [-0.05, 0) is 23.6 Å². The highest BCUT2D eigenvalue weighted by atomic mass is 16.3. The molecule has 0 atom stereocenters. The van der Waals surface area contributed by atoms with Crippen molar-refractivity contribution < 1.29 is 9.90 Å². The fourth-order valence-electron chi connectivity index (χ4n) is 2.78. The molecule has 0 saturated carbocycles. The summed E-state index contributed by atoms with van der Waals surface area (Å²) in [7, 11) is 1.64. The standard InChI is InChI=1S/C21H20N2O3/c1-14-12-18(24)20(25)19(23(14)2)21(26)22-13-15-8-10-17(11-9-15)16-6-4-3-5-7-16/h3-12,25H,13H2,1-2H3,(H,22,26). The number of rotatable bonds is 4. The molecule has 0 unspecified atom stereocenters. The van der Waals surface area contributed by atoms with Crippen LogP contribution in [0.15, 0.2) is 65.5 Å². The zero-order chi connectivity index (χ0) is 18.7. The Bertz CT molecular complexity index is 990. The number of carbonyl (C=O) groups excluding carboxylic acids is 1. The Morgan fingerprint density at radius 1 is 1.04 bits per heavy atom. The maximum Gasteiger partial charge on any atom is 0.272 e. The second kappa shape index (κ2) is 7.27. The highest BCUT2D eigenvalue weighted by molar-refractivity contribution is 5.95. The van der Waals surface area contributed by atoms with E-state index in [9.17, 15) is 14.7 Å². The minimum atomic E-state index is -0.557. The smallest absolute Gasteiger partial charge is 0.272 e. The van der Waals surface area contributed by atoms with Crippen molar-refractivity contribution >= 4 is 5.91 Å². The van der Waals surface area contributed by atoms with Crippen LogP contribution in [0.5, 0.6) is 5.75 Å². The molecule has 2 N–H and O–H groups in total. The number of aromatic hydroxyl groups is 1. The van der Waals surface area contributed by atoms with E-state index in [4.69, 9.17) is 0 Å². The van der Waals surface area contributed by atoms with E-state index in [1.165, 1.54) is 10.6 Å². The highest BCUT2D eigenvalue weighted by Gasteiger charge is 2.18. The van der Waals surface area contributed by atoms with Crippen molar-refractivity contribution in [3.05, 3.63) is 87.8 Å². The van der Waals surface area contributed by atoms with Crippen molar-refractivity contribution in [1.29, 1.82) is 0 Å². The fraction of sp³-hybridized carbons (Fsp3) is 0.143. The number of amides is 1. The van der Waals surface area contributed by atoms with Gasteiger partial charge in [0, 0.05) is 25.4 Å². The minimum absolute atomic E-state index is 0.0316. The summed E-state index contributed by atoms with van der Waals surface area (Å²) < 4.78 is 1.50. The Labute approximate surface area is 151 Å². The molecule has 3 rings (SSSR count). The second-order valence-corrected chi connectivity index (χ2v) is 6.15. The third-order valence-electron chi connectivity index (χ3n) is 4.39. The molecule has 132 valence electrons. The Kier molecular flexibility index (Phi) is 4.89. The molecule has 26 heavy (non-hydrogen) atoms. The molecule has 1 aromatic heterocycles. The lowest BCUT2D eigenvalue weighted by molar-refractivity contribution is 0.0938. The summed E-state index contributed by atoms with van der Waals surface area (Å²) in [5.74, 6) is -1.02. The molecule has 2 aromatic carbocycles. The molecule has 0 aliphatic heterocycles. The van der Waals surface area contributed by atoms with Crippen LogP contribution in [0.2, 0.25) is 0 Å². The van der Waals surface area contributed by atoms with Crippen molar-refractivity contribution in [3.63, 3.8) is 0 Å². The van der Waals surface area contributed by atoms with E-state index < -0.39 is 17.1 Å². The molecule has 5 nitrogen and oxygen atoms in total. The minimum Gasteiger partial charge on any atom is -0.503 e. The third kappa shape index (κ3) is 3.52. The summed E-state index contributed by atoms with van der Waals surface area (Å²) in [6, 6.07) is 19.2. The van der Waals surface area contributed by atoms with Gasteiger partial charge < -0.3 is 15.0 Å². The molecule has 0 bridgehead atoms. The van der Waals surface area contributed by atoms with E-state index in [2.05, 4.69) is 5.32 Å². The molecular weight excluding hydrogens is 328 g/mol. The van der Waals surface area contributed by atoms with Crippen molar-refractivity contribution in [2.45, 2.75) is 13.5 Å². The molecule has 3 aromatic rings. The first-order valence-electron chi connectivity index (χ1n) is 8.29. The van der Waals surface area contributed by atoms with Crippen LogP contribution in [-0.4, -0.2) is 15.6 Å². The number of hydrogen-bond donors (Lipinski definition) is 2. The summed E-state index contributed by atoms with van der Waals surface area (Å²) in [5, 5.41) is 12.7. The summed E-state index contributed by atoms with van der Waals surface area (Å²) in [6.07, 6.45) is 0. The molecule has 0 aliphatic carbocycles. The van der Waals surface area contributed by atoms with Gasteiger partial charge in [0.1, 0.15) is 0 Å². The fourth-order valence-corrected chi connectivity index (χ4v) is 2.78. The monoisotopic (exact) mass is 348 g/mol. The molecule has 5 heteroatoms. The Morgan fingerprint density at radius 2 is 1.65 bits per heavy atom. The molecule has 0 radical (unpaired) electrons. The molecule has 1 amide bonds. The van der Waals surface area contributed by atoms with Crippen LogP contribution in [0.4, 0.5) is 0 Å². The maximum absolute atomic E-state index is 12.4. The Hall–Kier alpha value is -3.34. The van der Waals surface area contributed by atoms with Crippen molar-refractivity contribution in [3.8, 4) is 16.9 Å². The van der Waals surface area contributed by atoms with Crippen LogP contribution >= 0.6 is 0 Å². The normalized spacial score (nSPS) is 10.5. The zero-order valence-corrected chi connectivity index (χ0v) is 14.7. The first kappa shape index (κ1) is 17.5. The van der Waals surface area contributed by atoms with Crippen LogP contribution < -0.4 is 10.7 Å². The molecule has 0 aliphatic rings.